The Hall–Kier alpha value is -1.26. The van der Waals surface area contributed by atoms with Gasteiger partial charge in [-0.3, -0.25) is 9.79 Å². The third kappa shape index (κ3) is 9.30. The topological polar surface area (TPSA) is 79.5 Å². The Morgan fingerprint density at radius 3 is 2.56 bits per heavy atom. The molecule has 0 aliphatic heterocycles. The normalized spacial score (nSPS) is 11.6. The van der Waals surface area contributed by atoms with Gasteiger partial charge in [-0.2, -0.15) is 0 Å². The number of carbonyl (C=O) groups excluding carboxylic acids is 1. The highest BCUT2D eigenvalue weighted by atomic mass is 16.1. The fourth-order valence-corrected chi connectivity index (χ4v) is 0.994. The van der Waals surface area contributed by atoms with Gasteiger partial charge in [0.15, 0.2) is 5.96 Å². The quantitative estimate of drug-likeness (QED) is 0.437. The minimum atomic E-state index is 0.0472. The lowest BCUT2D eigenvalue weighted by molar-refractivity contribution is -0.120. The van der Waals surface area contributed by atoms with Gasteiger partial charge in [-0.1, -0.05) is 20.8 Å². The first kappa shape index (κ1) is 14.7. The van der Waals surface area contributed by atoms with Crippen molar-refractivity contribution in [3.05, 3.63) is 0 Å². The van der Waals surface area contributed by atoms with Crippen LogP contribution in [0.1, 0.15) is 33.6 Å². The number of hydrogen-bond donors (Lipinski definition) is 3. The van der Waals surface area contributed by atoms with Gasteiger partial charge in [0.25, 0.3) is 0 Å². The predicted octanol–water partition coefficient (Wildman–Crippen LogP) is 0.463. The van der Waals surface area contributed by atoms with Gasteiger partial charge in [0.05, 0.1) is 0 Å². The molecule has 0 saturated carbocycles. The van der Waals surface area contributed by atoms with Crippen molar-refractivity contribution >= 4 is 11.9 Å². The summed E-state index contributed by atoms with van der Waals surface area (Å²) in [6.45, 7) is 8.15. The van der Waals surface area contributed by atoms with Crippen molar-refractivity contribution < 1.29 is 4.79 Å². The summed E-state index contributed by atoms with van der Waals surface area (Å²) in [5.74, 6) is 0.955. The number of amides is 1. The first-order valence-corrected chi connectivity index (χ1v) is 5.86. The smallest absolute Gasteiger partial charge is 0.221 e. The molecule has 0 radical (unpaired) electrons. The predicted molar refractivity (Wildman–Crippen MR) is 67.2 cm³/mol. The molecule has 0 saturated heterocycles. The minimum absolute atomic E-state index is 0.0472. The zero-order valence-electron chi connectivity index (χ0n) is 10.5. The SMILES string of the molecule is CCCNC(=O)CCNC(N)=NCC(C)C. The average Bonchev–Trinajstić information content (AvgIpc) is 2.23. The van der Waals surface area contributed by atoms with Crippen LogP contribution in [0.25, 0.3) is 0 Å². The van der Waals surface area contributed by atoms with Gasteiger partial charge in [-0.05, 0) is 12.3 Å². The van der Waals surface area contributed by atoms with E-state index in [1.807, 2.05) is 6.92 Å². The summed E-state index contributed by atoms with van der Waals surface area (Å²) in [5, 5.41) is 5.71. The molecule has 0 aromatic rings. The molecular formula is C11H24N4O. The van der Waals surface area contributed by atoms with Gasteiger partial charge in [0.1, 0.15) is 0 Å². The highest BCUT2D eigenvalue weighted by molar-refractivity contribution is 5.79. The molecule has 0 spiro atoms. The Labute approximate surface area is 97.9 Å². The van der Waals surface area contributed by atoms with Crippen LogP contribution in [0.3, 0.4) is 0 Å². The second kappa shape index (κ2) is 9.00. The molecule has 94 valence electrons. The van der Waals surface area contributed by atoms with E-state index in [1.54, 1.807) is 0 Å². The van der Waals surface area contributed by atoms with E-state index in [0.717, 1.165) is 13.0 Å². The van der Waals surface area contributed by atoms with Crippen molar-refractivity contribution in [1.29, 1.82) is 0 Å². The van der Waals surface area contributed by atoms with Crippen molar-refractivity contribution in [2.75, 3.05) is 19.6 Å². The number of nitrogens with zero attached hydrogens (tertiary/aromatic N) is 1. The van der Waals surface area contributed by atoms with Crippen molar-refractivity contribution in [3.8, 4) is 0 Å². The van der Waals surface area contributed by atoms with Gasteiger partial charge in [-0.25, -0.2) is 0 Å². The lowest BCUT2D eigenvalue weighted by atomic mass is 10.2. The monoisotopic (exact) mass is 228 g/mol. The molecule has 0 aromatic heterocycles. The number of hydrogen-bond acceptors (Lipinski definition) is 2. The molecule has 0 heterocycles. The number of guanidine groups is 1. The zero-order chi connectivity index (χ0) is 12.4. The summed E-state index contributed by atoms with van der Waals surface area (Å²) in [5.41, 5.74) is 5.62. The van der Waals surface area contributed by atoms with E-state index in [1.165, 1.54) is 0 Å². The molecule has 5 heteroatoms. The van der Waals surface area contributed by atoms with Crippen molar-refractivity contribution in [2.45, 2.75) is 33.6 Å². The summed E-state index contributed by atoms with van der Waals surface area (Å²) in [6, 6.07) is 0. The van der Waals surface area contributed by atoms with E-state index in [-0.39, 0.29) is 5.91 Å². The van der Waals surface area contributed by atoms with Crippen LogP contribution in [-0.4, -0.2) is 31.5 Å². The maximum atomic E-state index is 11.2. The largest absolute Gasteiger partial charge is 0.370 e. The highest BCUT2D eigenvalue weighted by Crippen LogP contribution is 1.90. The van der Waals surface area contributed by atoms with Crippen molar-refractivity contribution in [3.63, 3.8) is 0 Å². The fourth-order valence-electron chi connectivity index (χ4n) is 0.994. The van der Waals surface area contributed by atoms with Gasteiger partial charge < -0.3 is 16.4 Å². The summed E-state index contributed by atoms with van der Waals surface area (Å²) in [7, 11) is 0. The molecule has 0 bridgehead atoms. The third-order valence-corrected chi connectivity index (χ3v) is 1.86. The van der Waals surface area contributed by atoms with Crippen LogP contribution in [0.4, 0.5) is 0 Å². The molecule has 0 unspecified atom stereocenters. The maximum Gasteiger partial charge on any atom is 0.221 e. The highest BCUT2D eigenvalue weighted by Gasteiger charge is 1.99. The molecular weight excluding hydrogens is 204 g/mol. The number of rotatable bonds is 7. The number of carbonyl (C=O) groups is 1. The molecule has 0 aromatic carbocycles. The van der Waals surface area contributed by atoms with E-state index in [0.29, 0.717) is 31.4 Å². The second-order valence-electron chi connectivity index (χ2n) is 4.15. The van der Waals surface area contributed by atoms with E-state index in [2.05, 4.69) is 29.5 Å². The average molecular weight is 228 g/mol. The first-order chi connectivity index (χ1) is 7.56. The molecule has 0 rings (SSSR count). The van der Waals surface area contributed by atoms with Crippen molar-refractivity contribution in [2.24, 2.45) is 16.6 Å². The molecule has 0 aliphatic rings. The Bertz CT molecular complexity index is 226. The van der Waals surface area contributed by atoms with Crippen LogP contribution in [0.5, 0.6) is 0 Å². The molecule has 5 nitrogen and oxygen atoms in total. The summed E-state index contributed by atoms with van der Waals surface area (Å²) < 4.78 is 0. The van der Waals surface area contributed by atoms with Crippen LogP contribution >= 0.6 is 0 Å². The van der Waals surface area contributed by atoms with Crippen LogP contribution in [0.2, 0.25) is 0 Å². The molecule has 0 fully saturated rings. The Morgan fingerprint density at radius 2 is 2.00 bits per heavy atom. The van der Waals surface area contributed by atoms with Gasteiger partial charge in [0, 0.05) is 26.1 Å². The van der Waals surface area contributed by atoms with Gasteiger partial charge in [0.2, 0.25) is 5.91 Å². The standard InChI is InChI=1S/C11H24N4O/c1-4-6-13-10(16)5-7-14-11(12)15-8-9(2)3/h9H,4-8H2,1-3H3,(H,13,16)(H3,12,14,15). The summed E-state index contributed by atoms with van der Waals surface area (Å²) in [4.78, 5) is 15.4. The van der Waals surface area contributed by atoms with Crippen LogP contribution < -0.4 is 16.4 Å². The molecule has 4 N–H and O–H groups in total. The third-order valence-electron chi connectivity index (χ3n) is 1.86. The van der Waals surface area contributed by atoms with Crippen LogP contribution in [-0.2, 0) is 4.79 Å². The summed E-state index contributed by atoms with van der Waals surface area (Å²) >= 11 is 0. The van der Waals surface area contributed by atoms with E-state index in [4.69, 9.17) is 5.73 Å². The van der Waals surface area contributed by atoms with Crippen LogP contribution in [0.15, 0.2) is 4.99 Å². The van der Waals surface area contributed by atoms with Gasteiger partial charge in [-0.15, -0.1) is 0 Å². The number of nitrogens with one attached hydrogen (secondary N) is 2. The Morgan fingerprint density at radius 1 is 1.31 bits per heavy atom. The molecule has 0 aliphatic carbocycles. The molecule has 16 heavy (non-hydrogen) atoms. The maximum absolute atomic E-state index is 11.2. The first-order valence-electron chi connectivity index (χ1n) is 5.86. The number of aliphatic imine (C=N–C) groups is 1. The lowest BCUT2D eigenvalue weighted by Gasteiger charge is -2.07. The van der Waals surface area contributed by atoms with E-state index >= 15 is 0 Å². The van der Waals surface area contributed by atoms with Crippen LogP contribution in [0, 0.1) is 5.92 Å². The van der Waals surface area contributed by atoms with E-state index < -0.39 is 0 Å². The number of nitrogens with two attached hydrogens (primary N) is 1. The fraction of sp³-hybridized carbons (Fsp3) is 0.818. The van der Waals surface area contributed by atoms with Crippen molar-refractivity contribution in [1.82, 2.24) is 10.6 Å². The Balaban J connectivity index is 3.57. The lowest BCUT2D eigenvalue weighted by Crippen LogP contribution is -2.35. The Kier molecular flexibility index (Phi) is 8.29. The molecule has 0 atom stereocenters. The second-order valence-corrected chi connectivity index (χ2v) is 4.15. The van der Waals surface area contributed by atoms with Gasteiger partial charge >= 0.3 is 0 Å². The summed E-state index contributed by atoms with van der Waals surface area (Å²) in [6.07, 6.45) is 1.38. The molecule has 1 amide bonds. The zero-order valence-corrected chi connectivity index (χ0v) is 10.5. The van der Waals surface area contributed by atoms with E-state index in [9.17, 15) is 4.79 Å². The minimum Gasteiger partial charge on any atom is -0.370 e.